The van der Waals surface area contributed by atoms with Gasteiger partial charge in [0.15, 0.2) is 34.8 Å². The highest BCUT2D eigenvalue weighted by Crippen LogP contribution is 2.29. The minimum absolute atomic E-state index is 0.380. The van der Waals surface area contributed by atoms with Crippen LogP contribution in [0.5, 0.6) is 5.75 Å². The normalized spacial score (nSPS) is 10.9. The van der Waals surface area contributed by atoms with E-state index in [9.17, 15) is 43.9 Å². The monoisotopic (exact) mass is 361 g/mol. The Balaban J connectivity index is 2.48. The summed E-state index contributed by atoms with van der Waals surface area (Å²) >= 11 is 0. The lowest BCUT2D eigenvalue weighted by molar-refractivity contribution is 0.350. The van der Waals surface area contributed by atoms with Crippen LogP contribution in [0.1, 0.15) is 0 Å². The Hall–Kier alpha value is -2.40. The van der Waals surface area contributed by atoms with E-state index in [-0.39, 0.29) is 7.48 Å². The Morgan fingerprint density at radius 2 is 0.708 bits per heavy atom. The molecule has 12 heteroatoms. The lowest BCUT2D eigenvalue weighted by Gasteiger charge is -2.11. The maximum absolute atomic E-state index is 13.3. The van der Waals surface area contributed by atoms with Gasteiger partial charge in [-0.15, -0.1) is 0 Å². The van der Waals surface area contributed by atoms with Gasteiger partial charge >= 0.3 is 7.48 Å². The molecule has 0 bridgehead atoms. The molecule has 0 aromatic heterocycles. The zero-order valence-corrected chi connectivity index (χ0v) is 10.8. The fourth-order valence-electron chi connectivity index (χ4n) is 1.53. The van der Waals surface area contributed by atoms with Crippen LogP contribution in [-0.4, -0.2) is 7.48 Å². The molecule has 0 spiro atoms. The van der Waals surface area contributed by atoms with Crippen molar-refractivity contribution in [1.82, 2.24) is 0 Å². The lowest BCUT2D eigenvalue weighted by atomic mass is 9.86. The van der Waals surface area contributed by atoms with Crippen molar-refractivity contribution in [3.63, 3.8) is 0 Å². The first-order valence-electron chi connectivity index (χ1n) is 5.62. The molecule has 0 saturated heterocycles. The molecule has 2 aromatic carbocycles. The summed E-state index contributed by atoms with van der Waals surface area (Å²) in [6.45, 7) is 0. The van der Waals surface area contributed by atoms with Crippen LogP contribution in [-0.2, 0) is 0 Å². The summed E-state index contributed by atoms with van der Waals surface area (Å²) in [4.78, 5) is 0. The third kappa shape index (κ3) is 2.65. The van der Waals surface area contributed by atoms with Crippen LogP contribution in [0.4, 0.5) is 43.9 Å². The quantitative estimate of drug-likeness (QED) is 0.353. The van der Waals surface area contributed by atoms with E-state index in [2.05, 4.69) is 4.65 Å². The first-order chi connectivity index (χ1) is 11.1. The topological polar surface area (TPSA) is 9.23 Å². The van der Waals surface area contributed by atoms with Gasteiger partial charge in [0.25, 0.3) is 0 Å². The van der Waals surface area contributed by atoms with Gasteiger partial charge in [-0.05, 0) is 0 Å². The van der Waals surface area contributed by atoms with Crippen molar-refractivity contribution in [2.45, 2.75) is 0 Å². The summed E-state index contributed by atoms with van der Waals surface area (Å²) in [7, 11) is -0.380. The van der Waals surface area contributed by atoms with E-state index >= 15 is 0 Å². The van der Waals surface area contributed by atoms with E-state index in [1.165, 1.54) is 0 Å². The average molecular weight is 361 g/mol. The van der Waals surface area contributed by atoms with Gasteiger partial charge in [-0.3, -0.25) is 0 Å². The van der Waals surface area contributed by atoms with Gasteiger partial charge in [-0.2, -0.15) is 8.78 Å². The molecule has 0 atom stereocenters. The fourth-order valence-corrected chi connectivity index (χ4v) is 1.53. The smallest absolute Gasteiger partial charge is 0.415 e. The van der Waals surface area contributed by atoms with Gasteiger partial charge in [-0.25, -0.2) is 35.1 Å². The number of rotatable bonds is 3. The summed E-state index contributed by atoms with van der Waals surface area (Å²) in [5, 5.41) is 0. The largest absolute Gasteiger partial charge is 0.553 e. The molecule has 0 fully saturated rings. The fraction of sp³-hybridized carbons (Fsp3) is 0. The van der Waals surface area contributed by atoms with Crippen LogP contribution in [0.25, 0.3) is 0 Å². The van der Waals surface area contributed by atoms with Gasteiger partial charge < -0.3 is 4.65 Å². The van der Waals surface area contributed by atoms with Crippen LogP contribution < -0.4 is 10.1 Å². The minimum atomic E-state index is -2.53. The molecule has 0 aliphatic carbocycles. The molecule has 127 valence electrons. The molecule has 0 heterocycles. The highest BCUT2D eigenvalue weighted by molar-refractivity contribution is 6.48. The second kappa shape index (κ2) is 6.25. The number of hydrogen-bond donors (Lipinski definition) is 0. The standard InChI is InChI=1S/C12BF10O/c14-2-1(3(15)5(17)6(18)4(2)16)13-24-12-10(22)8(20)7(19)9(21)11(12)23. The number of benzene rings is 2. The summed E-state index contributed by atoms with van der Waals surface area (Å²) in [5.74, 6) is -26.6. The molecule has 1 radical (unpaired) electrons. The molecule has 0 amide bonds. The molecule has 1 nitrogen and oxygen atoms in total. The maximum Gasteiger partial charge on any atom is 0.415 e. The molecule has 0 saturated carbocycles. The summed E-state index contributed by atoms with van der Waals surface area (Å²) in [6.07, 6.45) is 0. The first kappa shape index (κ1) is 18.0. The van der Waals surface area contributed by atoms with E-state index in [0.29, 0.717) is 0 Å². The molecule has 0 N–H and O–H groups in total. The van der Waals surface area contributed by atoms with E-state index < -0.39 is 69.4 Å². The highest BCUT2D eigenvalue weighted by Gasteiger charge is 2.30. The predicted molar refractivity (Wildman–Crippen MR) is 58.5 cm³/mol. The van der Waals surface area contributed by atoms with Crippen molar-refractivity contribution < 1.29 is 48.6 Å². The molecular formula is C12BF10O. The van der Waals surface area contributed by atoms with Crippen LogP contribution in [0.15, 0.2) is 0 Å². The second-order valence-electron chi connectivity index (χ2n) is 4.12. The number of halogens is 10. The minimum Gasteiger partial charge on any atom is -0.553 e. The van der Waals surface area contributed by atoms with Crippen LogP contribution in [0, 0.1) is 58.2 Å². The molecule has 2 rings (SSSR count). The second-order valence-corrected chi connectivity index (χ2v) is 4.12. The van der Waals surface area contributed by atoms with Crippen LogP contribution >= 0.6 is 0 Å². The van der Waals surface area contributed by atoms with Crippen LogP contribution in [0.3, 0.4) is 0 Å². The van der Waals surface area contributed by atoms with Crippen molar-refractivity contribution in [1.29, 1.82) is 0 Å². The van der Waals surface area contributed by atoms with Gasteiger partial charge in [0.2, 0.25) is 29.1 Å². The summed E-state index contributed by atoms with van der Waals surface area (Å²) in [5.41, 5.74) is -1.78. The van der Waals surface area contributed by atoms with Gasteiger partial charge in [0, 0.05) is 5.46 Å². The van der Waals surface area contributed by atoms with Crippen molar-refractivity contribution in [3.8, 4) is 5.75 Å². The Bertz CT molecular complexity index is 710. The van der Waals surface area contributed by atoms with Crippen molar-refractivity contribution in [2.75, 3.05) is 0 Å². The number of hydrogen-bond acceptors (Lipinski definition) is 1. The Morgan fingerprint density at radius 1 is 0.417 bits per heavy atom. The van der Waals surface area contributed by atoms with Gasteiger partial charge in [-0.1, -0.05) is 0 Å². The Labute approximate surface area is 126 Å². The molecule has 24 heavy (non-hydrogen) atoms. The zero-order valence-electron chi connectivity index (χ0n) is 10.8. The SMILES string of the molecule is Fc1c(F)c(F)c([B]Oc2c(F)c(F)c(F)c(F)c2F)c(F)c1F. The van der Waals surface area contributed by atoms with E-state index in [4.69, 9.17) is 0 Å². The third-order valence-electron chi connectivity index (χ3n) is 2.71. The molecule has 2 aromatic rings. The summed E-state index contributed by atoms with van der Waals surface area (Å²) < 4.78 is 134. The van der Waals surface area contributed by atoms with Gasteiger partial charge in [0.1, 0.15) is 0 Å². The Kier molecular flexibility index (Phi) is 4.67. The average Bonchev–Trinajstić information content (AvgIpc) is 2.57. The molecule has 0 aliphatic rings. The predicted octanol–water partition coefficient (Wildman–Crippen LogP) is 3.40. The maximum atomic E-state index is 13.3. The Morgan fingerprint density at radius 3 is 1.08 bits per heavy atom. The molecular weight excluding hydrogens is 361 g/mol. The van der Waals surface area contributed by atoms with Crippen LogP contribution in [0.2, 0.25) is 0 Å². The van der Waals surface area contributed by atoms with Gasteiger partial charge in [0.05, 0.1) is 0 Å². The third-order valence-corrected chi connectivity index (χ3v) is 2.71. The van der Waals surface area contributed by atoms with Crippen molar-refractivity contribution in [2.24, 2.45) is 0 Å². The molecule has 0 aliphatic heterocycles. The zero-order chi connectivity index (χ0) is 18.3. The van der Waals surface area contributed by atoms with E-state index in [1.807, 2.05) is 0 Å². The van der Waals surface area contributed by atoms with E-state index in [0.717, 1.165) is 0 Å². The highest BCUT2D eigenvalue weighted by atomic mass is 19.2. The lowest BCUT2D eigenvalue weighted by Crippen LogP contribution is -2.31. The van der Waals surface area contributed by atoms with Crippen molar-refractivity contribution >= 4 is 12.9 Å². The van der Waals surface area contributed by atoms with Crippen molar-refractivity contribution in [3.05, 3.63) is 58.2 Å². The first-order valence-corrected chi connectivity index (χ1v) is 5.62. The molecule has 0 unspecified atom stereocenters. The van der Waals surface area contributed by atoms with E-state index in [1.54, 1.807) is 0 Å². The summed E-state index contributed by atoms with van der Waals surface area (Å²) in [6, 6.07) is 0.